The minimum Gasteiger partial charge on any atom is -0.373 e. The van der Waals surface area contributed by atoms with Crippen molar-refractivity contribution in [1.29, 1.82) is 0 Å². The molecule has 6 heteroatoms. The number of morpholine rings is 1. The Balaban J connectivity index is 1.65. The maximum atomic E-state index is 12.4. The van der Waals surface area contributed by atoms with E-state index >= 15 is 0 Å². The van der Waals surface area contributed by atoms with Gasteiger partial charge in [0.2, 0.25) is 0 Å². The molecule has 2 atom stereocenters. The zero-order valence-corrected chi connectivity index (χ0v) is 16.0. The van der Waals surface area contributed by atoms with Gasteiger partial charge >= 0.3 is 0 Å². The molecule has 0 radical (unpaired) electrons. The first kappa shape index (κ1) is 18.6. The minimum absolute atomic E-state index is 0.100. The number of carbonyl (C=O) groups excluding carboxylic acids is 1. The summed E-state index contributed by atoms with van der Waals surface area (Å²) in [4.78, 5) is 14.9. The normalized spacial score (nSPS) is 20.9. The lowest BCUT2D eigenvalue weighted by atomic mass is 10.1. The molecule has 0 bridgehead atoms. The van der Waals surface area contributed by atoms with Gasteiger partial charge in [-0.05, 0) is 38.0 Å². The van der Waals surface area contributed by atoms with Gasteiger partial charge in [-0.3, -0.25) is 14.4 Å². The second-order valence-electron chi connectivity index (χ2n) is 7.20. The maximum absolute atomic E-state index is 12.4. The van der Waals surface area contributed by atoms with Crippen LogP contribution in [-0.4, -0.2) is 45.9 Å². The lowest BCUT2D eigenvalue weighted by Crippen LogP contribution is -2.45. The SMILES string of the molecule is Cc1cc(C(=O)NCc2ccccc2CN2C[C@@H](C)O[C@@H](C)C2)n(C)n1. The number of aryl methyl sites for hydroxylation is 2. The largest absolute Gasteiger partial charge is 0.373 e. The third kappa shape index (κ3) is 4.51. The highest BCUT2D eigenvalue weighted by Crippen LogP contribution is 2.17. The van der Waals surface area contributed by atoms with Crippen LogP contribution in [-0.2, 0) is 24.9 Å². The number of hydrogen-bond acceptors (Lipinski definition) is 4. The van der Waals surface area contributed by atoms with E-state index in [0.29, 0.717) is 12.2 Å². The molecule has 26 heavy (non-hydrogen) atoms. The zero-order chi connectivity index (χ0) is 18.7. The van der Waals surface area contributed by atoms with Gasteiger partial charge in [0.15, 0.2) is 0 Å². The number of nitrogens with one attached hydrogen (secondary N) is 1. The highest BCUT2D eigenvalue weighted by atomic mass is 16.5. The van der Waals surface area contributed by atoms with Crippen molar-refractivity contribution in [3.05, 3.63) is 52.8 Å². The van der Waals surface area contributed by atoms with Gasteiger partial charge in [0.1, 0.15) is 5.69 Å². The number of ether oxygens (including phenoxy) is 1. The predicted molar refractivity (Wildman–Crippen MR) is 101 cm³/mol. The molecule has 2 heterocycles. The maximum Gasteiger partial charge on any atom is 0.269 e. The standard InChI is InChI=1S/C20H28N4O2/c1-14-9-19(23(4)22-14)20(25)21-10-17-7-5-6-8-18(17)13-24-11-15(2)26-16(3)12-24/h5-9,15-16H,10-13H2,1-4H3,(H,21,25)/t15-,16+. The molecule has 1 saturated heterocycles. The monoisotopic (exact) mass is 356 g/mol. The first-order valence-corrected chi connectivity index (χ1v) is 9.16. The predicted octanol–water partition coefficient (Wildman–Crippen LogP) is 2.27. The first-order chi connectivity index (χ1) is 12.4. The van der Waals surface area contributed by atoms with Crippen LogP contribution >= 0.6 is 0 Å². The fourth-order valence-corrected chi connectivity index (χ4v) is 3.63. The highest BCUT2D eigenvalue weighted by molar-refractivity contribution is 5.92. The summed E-state index contributed by atoms with van der Waals surface area (Å²) < 4.78 is 7.44. The van der Waals surface area contributed by atoms with Crippen LogP contribution < -0.4 is 5.32 Å². The average molecular weight is 356 g/mol. The molecule has 140 valence electrons. The summed E-state index contributed by atoms with van der Waals surface area (Å²) in [5, 5.41) is 7.26. The average Bonchev–Trinajstić information content (AvgIpc) is 2.91. The quantitative estimate of drug-likeness (QED) is 0.893. The summed E-state index contributed by atoms with van der Waals surface area (Å²) in [6, 6.07) is 10.1. The van der Waals surface area contributed by atoms with E-state index in [2.05, 4.69) is 47.4 Å². The highest BCUT2D eigenvalue weighted by Gasteiger charge is 2.22. The lowest BCUT2D eigenvalue weighted by Gasteiger charge is -2.35. The van der Waals surface area contributed by atoms with E-state index in [1.54, 1.807) is 17.8 Å². The number of aromatic nitrogens is 2. The van der Waals surface area contributed by atoms with Crippen molar-refractivity contribution >= 4 is 5.91 Å². The van der Waals surface area contributed by atoms with Gasteiger partial charge in [0, 0.05) is 33.2 Å². The van der Waals surface area contributed by atoms with Crippen molar-refractivity contribution in [2.75, 3.05) is 13.1 Å². The first-order valence-electron chi connectivity index (χ1n) is 9.16. The van der Waals surface area contributed by atoms with Gasteiger partial charge in [-0.15, -0.1) is 0 Å². The van der Waals surface area contributed by atoms with Crippen molar-refractivity contribution in [2.24, 2.45) is 7.05 Å². The summed E-state index contributed by atoms with van der Waals surface area (Å²) in [5.41, 5.74) is 3.81. The molecule has 6 nitrogen and oxygen atoms in total. The Morgan fingerprint density at radius 3 is 2.50 bits per heavy atom. The van der Waals surface area contributed by atoms with Crippen LogP contribution in [0.4, 0.5) is 0 Å². The van der Waals surface area contributed by atoms with Gasteiger partial charge in [-0.2, -0.15) is 5.10 Å². The van der Waals surface area contributed by atoms with Gasteiger partial charge in [-0.25, -0.2) is 0 Å². The van der Waals surface area contributed by atoms with Crippen molar-refractivity contribution < 1.29 is 9.53 Å². The Labute approximate surface area is 155 Å². The Kier molecular flexibility index (Phi) is 5.74. The molecule has 0 spiro atoms. The van der Waals surface area contributed by atoms with E-state index in [-0.39, 0.29) is 18.1 Å². The van der Waals surface area contributed by atoms with E-state index in [0.717, 1.165) is 30.9 Å². The number of amides is 1. The molecule has 1 N–H and O–H groups in total. The van der Waals surface area contributed by atoms with E-state index in [4.69, 9.17) is 4.74 Å². The van der Waals surface area contributed by atoms with Crippen LogP contribution in [0, 0.1) is 6.92 Å². The fourth-order valence-electron chi connectivity index (χ4n) is 3.63. The molecular formula is C20H28N4O2. The Bertz CT molecular complexity index is 761. The zero-order valence-electron chi connectivity index (χ0n) is 16.0. The fraction of sp³-hybridized carbons (Fsp3) is 0.500. The second-order valence-corrected chi connectivity index (χ2v) is 7.20. The van der Waals surface area contributed by atoms with Crippen molar-refractivity contribution in [2.45, 2.75) is 46.1 Å². The van der Waals surface area contributed by atoms with Crippen molar-refractivity contribution in [1.82, 2.24) is 20.0 Å². The third-order valence-electron chi connectivity index (χ3n) is 4.68. The van der Waals surface area contributed by atoms with Crippen LogP contribution in [0.3, 0.4) is 0 Å². The molecule has 1 aromatic heterocycles. The summed E-state index contributed by atoms with van der Waals surface area (Å²) in [6.45, 7) is 9.36. The molecule has 0 unspecified atom stereocenters. The smallest absolute Gasteiger partial charge is 0.269 e. The van der Waals surface area contributed by atoms with E-state index in [1.807, 2.05) is 13.0 Å². The molecule has 1 aliphatic rings. The molecule has 1 fully saturated rings. The van der Waals surface area contributed by atoms with Crippen LogP contribution in [0.5, 0.6) is 0 Å². The van der Waals surface area contributed by atoms with Crippen LogP contribution in [0.1, 0.15) is 41.2 Å². The number of hydrogen-bond donors (Lipinski definition) is 1. The van der Waals surface area contributed by atoms with E-state index < -0.39 is 0 Å². The van der Waals surface area contributed by atoms with Gasteiger partial charge in [0.25, 0.3) is 5.91 Å². The van der Waals surface area contributed by atoms with Crippen molar-refractivity contribution in [3.63, 3.8) is 0 Å². The van der Waals surface area contributed by atoms with Gasteiger partial charge in [-0.1, -0.05) is 24.3 Å². The van der Waals surface area contributed by atoms with E-state index in [9.17, 15) is 4.79 Å². The Morgan fingerprint density at radius 2 is 1.88 bits per heavy atom. The summed E-state index contributed by atoms with van der Waals surface area (Å²) >= 11 is 0. The summed E-state index contributed by atoms with van der Waals surface area (Å²) in [7, 11) is 1.79. The van der Waals surface area contributed by atoms with Gasteiger partial charge < -0.3 is 10.1 Å². The van der Waals surface area contributed by atoms with E-state index in [1.165, 1.54) is 5.56 Å². The Morgan fingerprint density at radius 1 is 1.23 bits per heavy atom. The molecule has 1 amide bonds. The topological polar surface area (TPSA) is 59.4 Å². The molecular weight excluding hydrogens is 328 g/mol. The minimum atomic E-state index is -0.100. The number of benzene rings is 1. The van der Waals surface area contributed by atoms with Crippen LogP contribution in [0.25, 0.3) is 0 Å². The number of carbonyl (C=O) groups is 1. The van der Waals surface area contributed by atoms with Gasteiger partial charge in [0.05, 0.1) is 17.9 Å². The van der Waals surface area contributed by atoms with Crippen molar-refractivity contribution in [3.8, 4) is 0 Å². The second kappa shape index (κ2) is 8.01. The van der Waals surface area contributed by atoms with Crippen LogP contribution in [0.15, 0.2) is 30.3 Å². The summed E-state index contributed by atoms with van der Waals surface area (Å²) in [6.07, 6.45) is 0.498. The number of nitrogens with zero attached hydrogens (tertiary/aromatic N) is 3. The molecule has 1 aliphatic heterocycles. The Hall–Kier alpha value is -2.18. The number of rotatable bonds is 5. The molecule has 2 aromatic rings. The lowest BCUT2D eigenvalue weighted by molar-refractivity contribution is -0.0705. The summed E-state index contributed by atoms with van der Waals surface area (Å²) in [5.74, 6) is -0.100. The molecule has 0 saturated carbocycles. The molecule has 0 aliphatic carbocycles. The molecule has 1 aromatic carbocycles. The third-order valence-corrected chi connectivity index (χ3v) is 4.68. The van der Waals surface area contributed by atoms with Crippen LogP contribution in [0.2, 0.25) is 0 Å². The molecule has 3 rings (SSSR count).